The summed E-state index contributed by atoms with van der Waals surface area (Å²) in [6.07, 6.45) is 8.51. The van der Waals surface area contributed by atoms with Crippen molar-refractivity contribution in [1.29, 1.82) is 0 Å². The van der Waals surface area contributed by atoms with Gasteiger partial charge in [0, 0.05) is 25.9 Å². The standard InChI is InChI=1S/C22H48N4/c1-25(2,3)19-7-13-23-15-9-21(10-16-23)22-11-17-24(18-12-22)14-8-20-26(4,5)6/h21-22H,7-20H2,1-6H3/q+2. The fraction of sp³-hybridized carbons (Fsp3) is 1.00. The first-order valence-corrected chi connectivity index (χ1v) is 11.2. The van der Waals surface area contributed by atoms with Crippen LogP contribution in [0.15, 0.2) is 0 Å². The summed E-state index contributed by atoms with van der Waals surface area (Å²) < 4.78 is 2.20. The number of likely N-dealkylation sites (tertiary alicyclic amines) is 2. The van der Waals surface area contributed by atoms with Crippen molar-refractivity contribution in [3.63, 3.8) is 0 Å². The zero-order valence-corrected chi connectivity index (χ0v) is 18.8. The summed E-state index contributed by atoms with van der Waals surface area (Å²) in [5.41, 5.74) is 0. The Labute approximate surface area is 164 Å². The second-order valence-corrected chi connectivity index (χ2v) is 11.1. The average molecular weight is 369 g/mol. The minimum Gasteiger partial charge on any atom is -0.331 e. The third-order valence-corrected chi connectivity index (χ3v) is 6.54. The minimum absolute atomic E-state index is 1.01. The molecule has 0 bridgehead atoms. The molecule has 2 aliphatic rings. The molecule has 0 aliphatic carbocycles. The van der Waals surface area contributed by atoms with Gasteiger partial charge in [0.1, 0.15) is 0 Å². The van der Waals surface area contributed by atoms with E-state index < -0.39 is 0 Å². The second kappa shape index (κ2) is 9.86. The highest BCUT2D eigenvalue weighted by atomic mass is 15.3. The largest absolute Gasteiger partial charge is 0.331 e. The monoisotopic (exact) mass is 368 g/mol. The summed E-state index contributed by atoms with van der Waals surface area (Å²) in [5.74, 6) is 2.02. The average Bonchev–Trinajstić information content (AvgIpc) is 2.54. The van der Waals surface area contributed by atoms with Crippen molar-refractivity contribution in [2.24, 2.45) is 11.8 Å². The van der Waals surface area contributed by atoms with Crippen molar-refractivity contribution in [2.75, 3.05) is 94.6 Å². The SMILES string of the molecule is C[N+](C)(C)CCCN1CCC(C2CCN(CCC[N+](C)(C)C)CC2)CC1. The highest BCUT2D eigenvalue weighted by Gasteiger charge is 2.29. The smallest absolute Gasteiger partial charge is 0.0792 e. The zero-order chi connectivity index (χ0) is 19.2. The van der Waals surface area contributed by atoms with Gasteiger partial charge in [-0.05, 0) is 63.7 Å². The van der Waals surface area contributed by atoms with Gasteiger partial charge in [-0.25, -0.2) is 0 Å². The Kier molecular flexibility index (Phi) is 8.39. The van der Waals surface area contributed by atoms with E-state index in [1.54, 1.807) is 0 Å². The van der Waals surface area contributed by atoms with Gasteiger partial charge in [-0.15, -0.1) is 0 Å². The highest BCUT2D eigenvalue weighted by Crippen LogP contribution is 2.32. The van der Waals surface area contributed by atoms with Crippen LogP contribution in [-0.4, -0.2) is 113 Å². The van der Waals surface area contributed by atoms with Gasteiger partial charge in [0.25, 0.3) is 0 Å². The molecule has 4 heteroatoms. The van der Waals surface area contributed by atoms with Crippen LogP contribution in [0, 0.1) is 11.8 Å². The minimum atomic E-state index is 1.01. The molecule has 0 amide bonds. The summed E-state index contributed by atoms with van der Waals surface area (Å²) in [6, 6.07) is 0. The molecule has 0 spiro atoms. The van der Waals surface area contributed by atoms with Gasteiger partial charge in [-0.2, -0.15) is 0 Å². The lowest BCUT2D eigenvalue weighted by Gasteiger charge is -2.40. The molecule has 2 aliphatic heterocycles. The van der Waals surface area contributed by atoms with Crippen LogP contribution >= 0.6 is 0 Å². The van der Waals surface area contributed by atoms with Crippen LogP contribution in [0.2, 0.25) is 0 Å². The van der Waals surface area contributed by atoms with Gasteiger partial charge in [0.05, 0.1) is 55.4 Å². The Morgan fingerprint density at radius 1 is 0.577 bits per heavy atom. The topological polar surface area (TPSA) is 6.48 Å². The van der Waals surface area contributed by atoms with E-state index in [0.29, 0.717) is 0 Å². The Morgan fingerprint density at radius 3 is 1.15 bits per heavy atom. The zero-order valence-electron chi connectivity index (χ0n) is 18.8. The Balaban J connectivity index is 1.58. The van der Waals surface area contributed by atoms with Crippen molar-refractivity contribution in [2.45, 2.75) is 38.5 Å². The molecule has 0 aromatic heterocycles. The van der Waals surface area contributed by atoms with E-state index in [1.165, 1.54) is 90.9 Å². The molecule has 2 saturated heterocycles. The van der Waals surface area contributed by atoms with E-state index in [9.17, 15) is 0 Å². The molecule has 0 radical (unpaired) electrons. The molecule has 0 aromatic rings. The van der Waals surface area contributed by atoms with Gasteiger partial charge in [-0.3, -0.25) is 0 Å². The molecule has 2 rings (SSSR count). The van der Waals surface area contributed by atoms with E-state index >= 15 is 0 Å². The molecule has 0 saturated carbocycles. The van der Waals surface area contributed by atoms with E-state index in [4.69, 9.17) is 0 Å². The van der Waals surface area contributed by atoms with Crippen LogP contribution in [0.1, 0.15) is 38.5 Å². The number of hydrogen-bond donors (Lipinski definition) is 0. The number of piperidine rings is 2. The van der Waals surface area contributed by atoms with E-state index in [2.05, 4.69) is 52.1 Å². The maximum Gasteiger partial charge on any atom is 0.0792 e. The maximum atomic E-state index is 2.73. The fourth-order valence-corrected chi connectivity index (χ4v) is 4.83. The quantitative estimate of drug-likeness (QED) is 0.577. The van der Waals surface area contributed by atoms with Gasteiger partial charge < -0.3 is 18.8 Å². The molecule has 2 heterocycles. The number of quaternary nitrogens is 2. The predicted molar refractivity (Wildman–Crippen MR) is 113 cm³/mol. The molecule has 0 atom stereocenters. The van der Waals surface area contributed by atoms with Crippen LogP contribution in [0.4, 0.5) is 0 Å². The summed E-state index contributed by atoms with van der Waals surface area (Å²) >= 11 is 0. The van der Waals surface area contributed by atoms with Crippen LogP contribution in [0.3, 0.4) is 0 Å². The van der Waals surface area contributed by atoms with Crippen molar-refractivity contribution >= 4 is 0 Å². The van der Waals surface area contributed by atoms with Crippen LogP contribution in [-0.2, 0) is 0 Å². The third kappa shape index (κ3) is 8.69. The lowest BCUT2D eigenvalue weighted by Crippen LogP contribution is -2.43. The number of nitrogens with zero attached hydrogens (tertiary/aromatic N) is 4. The van der Waals surface area contributed by atoms with E-state index in [0.717, 1.165) is 20.8 Å². The summed E-state index contributed by atoms with van der Waals surface area (Å²) in [4.78, 5) is 5.46. The van der Waals surface area contributed by atoms with Gasteiger partial charge in [0.15, 0.2) is 0 Å². The fourth-order valence-electron chi connectivity index (χ4n) is 4.83. The van der Waals surface area contributed by atoms with Crippen molar-refractivity contribution < 1.29 is 8.97 Å². The molecule has 26 heavy (non-hydrogen) atoms. The van der Waals surface area contributed by atoms with Gasteiger partial charge in [-0.1, -0.05) is 0 Å². The first kappa shape index (κ1) is 22.1. The molecule has 2 fully saturated rings. The number of rotatable bonds is 9. The molecule has 154 valence electrons. The molecule has 0 unspecified atom stereocenters. The van der Waals surface area contributed by atoms with Crippen molar-refractivity contribution in [3.8, 4) is 0 Å². The van der Waals surface area contributed by atoms with Crippen LogP contribution in [0.25, 0.3) is 0 Å². The van der Waals surface area contributed by atoms with E-state index in [-0.39, 0.29) is 0 Å². The van der Waals surface area contributed by atoms with Gasteiger partial charge in [0.2, 0.25) is 0 Å². The summed E-state index contributed by atoms with van der Waals surface area (Å²) in [7, 11) is 13.8. The van der Waals surface area contributed by atoms with Crippen LogP contribution < -0.4 is 0 Å². The predicted octanol–water partition coefficient (Wildman–Crippen LogP) is 2.60. The summed E-state index contributed by atoms with van der Waals surface area (Å²) in [5, 5.41) is 0. The first-order valence-electron chi connectivity index (χ1n) is 11.2. The maximum absolute atomic E-state index is 2.73. The summed E-state index contributed by atoms with van der Waals surface area (Å²) in [6.45, 7) is 10.6. The Bertz CT molecular complexity index is 342. The second-order valence-electron chi connectivity index (χ2n) is 11.1. The van der Waals surface area contributed by atoms with E-state index in [1.807, 2.05) is 0 Å². The van der Waals surface area contributed by atoms with Gasteiger partial charge >= 0.3 is 0 Å². The Hall–Kier alpha value is -0.160. The first-order chi connectivity index (χ1) is 12.1. The van der Waals surface area contributed by atoms with Crippen LogP contribution in [0.5, 0.6) is 0 Å². The lowest BCUT2D eigenvalue weighted by atomic mass is 9.79. The normalized spacial score (nSPS) is 22.8. The molecule has 0 N–H and O–H groups in total. The van der Waals surface area contributed by atoms with Crippen molar-refractivity contribution in [3.05, 3.63) is 0 Å². The molecular weight excluding hydrogens is 320 g/mol. The highest BCUT2D eigenvalue weighted by molar-refractivity contribution is 4.82. The molecular formula is C22H48N4+2. The Morgan fingerprint density at radius 2 is 0.885 bits per heavy atom. The molecule has 0 aromatic carbocycles. The van der Waals surface area contributed by atoms with Crippen molar-refractivity contribution in [1.82, 2.24) is 9.80 Å². The number of hydrogen-bond acceptors (Lipinski definition) is 2. The lowest BCUT2D eigenvalue weighted by molar-refractivity contribution is -0.870. The third-order valence-electron chi connectivity index (χ3n) is 6.54. The molecule has 4 nitrogen and oxygen atoms in total.